The molecule has 5 heteroatoms. The van der Waals surface area contributed by atoms with Crippen molar-refractivity contribution < 1.29 is 19.0 Å². The Morgan fingerprint density at radius 3 is 2.67 bits per heavy atom. The highest BCUT2D eigenvalue weighted by atomic mass is 16.5. The molecule has 1 amide bonds. The van der Waals surface area contributed by atoms with Crippen LogP contribution >= 0.6 is 0 Å². The van der Waals surface area contributed by atoms with Crippen LogP contribution in [0, 0.1) is 0 Å². The molecule has 0 N–H and O–H groups in total. The van der Waals surface area contributed by atoms with Crippen molar-refractivity contribution in [2.75, 3.05) is 27.4 Å². The monoisotopic (exact) mass is 327 g/mol. The van der Waals surface area contributed by atoms with E-state index >= 15 is 0 Å². The van der Waals surface area contributed by atoms with Gasteiger partial charge in [-0.1, -0.05) is 12.1 Å². The second kappa shape index (κ2) is 6.83. The highest BCUT2D eigenvalue weighted by Gasteiger charge is 2.21. The molecule has 0 saturated heterocycles. The highest BCUT2D eigenvalue weighted by molar-refractivity contribution is 5.74. The summed E-state index contributed by atoms with van der Waals surface area (Å²) in [6.45, 7) is 3.12. The Labute approximate surface area is 141 Å². The summed E-state index contributed by atoms with van der Waals surface area (Å²) in [6.07, 6.45) is 0. The van der Waals surface area contributed by atoms with Gasteiger partial charge in [0.05, 0.1) is 20.8 Å². The van der Waals surface area contributed by atoms with Crippen LogP contribution in [0.4, 0.5) is 0 Å². The smallest absolute Gasteiger partial charge is 0.219 e. The maximum absolute atomic E-state index is 11.8. The maximum atomic E-state index is 11.8. The van der Waals surface area contributed by atoms with Gasteiger partial charge in [0, 0.05) is 19.0 Å². The third-order valence-corrected chi connectivity index (χ3v) is 4.17. The fourth-order valence-electron chi connectivity index (χ4n) is 2.87. The van der Waals surface area contributed by atoms with Gasteiger partial charge in [-0.2, -0.15) is 0 Å². The molecule has 0 fully saturated rings. The van der Waals surface area contributed by atoms with Crippen molar-refractivity contribution >= 4 is 5.91 Å². The van der Waals surface area contributed by atoms with Crippen molar-refractivity contribution in [3.05, 3.63) is 42.0 Å². The highest BCUT2D eigenvalue weighted by Crippen LogP contribution is 2.38. The van der Waals surface area contributed by atoms with Crippen LogP contribution in [0.3, 0.4) is 0 Å². The Morgan fingerprint density at radius 1 is 1.12 bits per heavy atom. The van der Waals surface area contributed by atoms with Gasteiger partial charge in [0.2, 0.25) is 5.91 Å². The number of hydrogen-bond donors (Lipinski definition) is 0. The van der Waals surface area contributed by atoms with Gasteiger partial charge >= 0.3 is 0 Å². The lowest BCUT2D eigenvalue weighted by Crippen LogP contribution is -2.30. The minimum atomic E-state index is 0.0391. The number of methoxy groups -OCH3 is 2. The Kier molecular flexibility index (Phi) is 4.60. The Morgan fingerprint density at radius 2 is 1.96 bits per heavy atom. The Balaban J connectivity index is 2.08. The molecule has 1 heterocycles. The number of fused-ring (bicyclic) bond motifs is 1. The number of carbonyl (C=O) groups is 1. The quantitative estimate of drug-likeness (QED) is 0.869. The summed E-state index contributed by atoms with van der Waals surface area (Å²) in [6, 6.07) is 11.9. The summed E-state index contributed by atoms with van der Waals surface area (Å²) in [5, 5.41) is 0. The summed E-state index contributed by atoms with van der Waals surface area (Å²) in [4.78, 5) is 13.6. The van der Waals surface area contributed by atoms with Gasteiger partial charge in [-0.05, 0) is 35.4 Å². The van der Waals surface area contributed by atoms with Gasteiger partial charge in [-0.3, -0.25) is 4.79 Å². The minimum absolute atomic E-state index is 0.0391. The van der Waals surface area contributed by atoms with E-state index in [4.69, 9.17) is 14.2 Å². The summed E-state index contributed by atoms with van der Waals surface area (Å²) in [5.74, 6) is 2.23. The van der Waals surface area contributed by atoms with E-state index in [1.807, 2.05) is 36.4 Å². The molecule has 0 atom stereocenters. The molecular weight excluding hydrogens is 306 g/mol. The van der Waals surface area contributed by atoms with Crippen LogP contribution in [-0.4, -0.2) is 38.2 Å². The van der Waals surface area contributed by atoms with Gasteiger partial charge in [0.15, 0.2) is 11.5 Å². The normalized spacial score (nSPS) is 13.5. The summed E-state index contributed by atoms with van der Waals surface area (Å²) in [7, 11) is 3.28. The van der Waals surface area contributed by atoms with Gasteiger partial charge in [0.25, 0.3) is 0 Å². The predicted molar refractivity (Wildman–Crippen MR) is 91.6 cm³/mol. The molecule has 0 aromatic heterocycles. The third kappa shape index (κ3) is 3.15. The molecule has 5 nitrogen and oxygen atoms in total. The largest absolute Gasteiger partial charge is 0.497 e. The van der Waals surface area contributed by atoms with Crippen LogP contribution in [0.25, 0.3) is 11.1 Å². The molecule has 0 saturated carbocycles. The van der Waals surface area contributed by atoms with Crippen LogP contribution < -0.4 is 14.2 Å². The molecule has 0 aliphatic carbocycles. The second-order valence-corrected chi connectivity index (χ2v) is 5.69. The molecule has 0 bridgehead atoms. The molecule has 0 spiro atoms. The van der Waals surface area contributed by atoms with Gasteiger partial charge in [-0.25, -0.2) is 0 Å². The zero-order chi connectivity index (χ0) is 17.1. The van der Waals surface area contributed by atoms with Crippen LogP contribution in [0.2, 0.25) is 0 Å². The van der Waals surface area contributed by atoms with E-state index in [0.717, 1.165) is 22.4 Å². The van der Waals surface area contributed by atoms with Crippen LogP contribution in [-0.2, 0) is 11.3 Å². The van der Waals surface area contributed by atoms with E-state index in [1.165, 1.54) is 0 Å². The van der Waals surface area contributed by atoms with E-state index in [9.17, 15) is 4.79 Å². The molecular formula is C19H21NO4. The first kappa shape index (κ1) is 16.2. The van der Waals surface area contributed by atoms with Crippen molar-refractivity contribution in [2.45, 2.75) is 13.5 Å². The lowest BCUT2D eigenvalue weighted by molar-refractivity contribution is -0.129. The lowest BCUT2D eigenvalue weighted by atomic mass is 10.0. The molecule has 24 heavy (non-hydrogen) atoms. The molecule has 126 valence electrons. The predicted octanol–water partition coefficient (Wildman–Crippen LogP) is 3.11. The maximum Gasteiger partial charge on any atom is 0.219 e. The first-order chi connectivity index (χ1) is 11.6. The van der Waals surface area contributed by atoms with Gasteiger partial charge in [0.1, 0.15) is 12.4 Å². The molecule has 2 aromatic carbocycles. The fourth-order valence-corrected chi connectivity index (χ4v) is 2.87. The molecule has 1 aliphatic heterocycles. The standard InChI is InChI=1S/C19H21NO4/c1-13(21)20-7-8-24-19-16(12-20)9-15(11-18(19)23-3)14-5-4-6-17(10-14)22-2/h4-6,9-11H,7-8,12H2,1-3H3. The lowest BCUT2D eigenvalue weighted by Gasteiger charge is -2.18. The second-order valence-electron chi connectivity index (χ2n) is 5.69. The van der Waals surface area contributed by atoms with E-state index in [0.29, 0.717) is 31.2 Å². The molecule has 1 aliphatic rings. The average Bonchev–Trinajstić information content (AvgIpc) is 2.83. The summed E-state index contributed by atoms with van der Waals surface area (Å²) >= 11 is 0. The van der Waals surface area contributed by atoms with Crippen LogP contribution in [0.15, 0.2) is 36.4 Å². The third-order valence-electron chi connectivity index (χ3n) is 4.17. The topological polar surface area (TPSA) is 48.0 Å². The molecule has 3 rings (SSSR count). The molecule has 0 radical (unpaired) electrons. The van der Waals surface area contributed by atoms with Crippen molar-refractivity contribution in [1.82, 2.24) is 4.90 Å². The summed E-state index contributed by atoms with van der Waals surface area (Å²) in [5.41, 5.74) is 2.97. The number of hydrogen-bond acceptors (Lipinski definition) is 4. The van der Waals surface area contributed by atoms with E-state index < -0.39 is 0 Å². The zero-order valence-electron chi connectivity index (χ0n) is 14.2. The van der Waals surface area contributed by atoms with Crippen molar-refractivity contribution in [2.24, 2.45) is 0 Å². The van der Waals surface area contributed by atoms with Crippen LogP contribution in [0.1, 0.15) is 12.5 Å². The van der Waals surface area contributed by atoms with Crippen molar-refractivity contribution in [3.63, 3.8) is 0 Å². The fraction of sp³-hybridized carbons (Fsp3) is 0.316. The van der Waals surface area contributed by atoms with Gasteiger partial charge in [-0.15, -0.1) is 0 Å². The summed E-state index contributed by atoms with van der Waals surface area (Å²) < 4.78 is 16.7. The van der Waals surface area contributed by atoms with Crippen molar-refractivity contribution in [1.29, 1.82) is 0 Å². The number of amides is 1. The number of nitrogens with zero attached hydrogens (tertiary/aromatic N) is 1. The SMILES string of the molecule is COc1cccc(-c2cc3c(c(OC)c2)OCCN(C(C)=O)C3)c1. The van der Waals surface area contributed by atoms with Crippen molar-refractivity contribution in [3.8, 4) is 28.4 Å². The first-order valence-electron chi connectivity index (χ1n) is 7.86. The number of carbonyl (C=O) groups excluding carboxylic acids is 1. The number of benzene rings is 2. The van der Waals surface area contributed by atoms with E-state index in [-0.39, 0.29) is 5.91 Å². The van der Waals surface area contributed by atoms with E-state index in [1.54, 1.807) is 26.0 Å². The van der Waals surface area contributed by atoms with E-state index in [2.05, 4.69) is 0 Å². The number of ether oxygens (including phenoxy) is 3. The Hall–Kier alpha value is -2.69. The van der Waals surface area contributed by atoms with Gasteiger partial charge < -0.3 is 19.1 Å². The Bertz CT molecular complexity index is 757. The average molecular weight is 327 g/mol. The first-order valence-corrected chi connectivity index (χ1v) is 7.86. The zero-order valence-corrected chi connectivity index (χ0v) is 14.2. The number of rotatable bonds is 3. The van der Waals surface area contributed by atoms with Crippen LogP contribution in [0.5, 0.6) is 17.2 Å². The molecule has 0 unspecified atom stereocenters. The molecule has 2 aromatic rings. The minimum Gasteiger partial charge on any atom is -0.497 e.